The highest BCUT2D eigenvalue weighted by Gasteiger charge is 2.13. The molecule has 2 aromatic rings. The zero-order valence-corrected chi connectivity index (χ0v) is 15.1. The van der Waals surface area contributed by atoms with Crippen molar-refractivity contribution in [2.24, 2.45) is 5.92 Å². The van der Waals surface area contributed by atoms with Gasteiger partial charge in [0.2, 0.25) is 5.88 Å². The number of ether oxygens (including phenoxy) is 1. The normalized spacial score (nSPS) is 11.7. The summed E-state index contributed by atoms with van der Waals surface area (Å²) in [6.07, 6.45) is 0.919. The van der Waals surface area contributed by atoms with E-state index in [1.54, 1.807) is 12.1 Å². The number of pyridine rings is 1. The van der Waals surface area contributed by atoms with Gasteiger partial charge in [-0.15, -0.1) is 0 Å². The van der Waals surface area contributed by atoms with Crippen molar-refractivity contribution in [1.29, 1.82) is 5.26 Å². The van der Waals surface area contributed by atoms with E-state index >= 15 is 0 Å². The van der Waals surface area contributed by atoms with Crippen LogP contribution in [0.15, 0.2) is 36.4 Å². The molecule has 0 saturated heterocycles. The molecule has 0 unspecified atom stereocenters. The van der Waals surface area contributed by atoms with E-state index < -0.39 is 5.82 Å². The van der Waals surface area contributed by atoms with Gasteiger partial charge in [0, 0.05) is 30.6 Å². The van der Waals surface area contributed by atoms with E-state index in [9.17, 15) is 8.78 Å². The van der Waals surface area contributed by atoms with E-state index in [0.717, 1.165) is 13.0 Å². The first-order valence-electron chi connectivity index (χ1n) is 8.66. The fraction of sp³-hybridized carbons (Fsp3) is 0.400. The number of benzene rings is 1. The van der Waals surface area contributed by atoms with Crippen molar-refractivity contribution >= 4 is 5.82 Å². The lowest BCUT2D eigenvalue weighted by molar-refractivity contribution is 0.288. The molecule has 0 aliphatic heterocycles. The van der Waals surface area contributed by atoms with Gasteiger partial charge in [0.05, 0.1) is 18.3 Å². The third-order valence-electron chi connectivity index (χ3n) is 3.88. The molecule has 138 valence electrons. The van der Waals surface area contributed by atoms with Gasteiger partial charge in [0.15, 0.2) is 0 Å². The van der Waals surface area contributed by atoms with Gasteiger partial charge in [-0.1, -0.05) is 26.0 Å². The Bertz CT molecular complexity index is 761. The Labute approximate surface area is 153 Å². The zero-order chi connectivity index (χ0) is 18.9. The molecule has 4 nitrogen and oxygen atoms in total. The van der Waals surface area contributed by atoms with E-state index in [0.29, 0.717) is 23.8 Å². The lowest BCUT2D eigenvalue weighted by Gasteiger charge is -2.25. The summed E-state index contributed by atoms with van der Waals surface area (Å²) < 4.78 is 32.4. The van der Waals surface area contributed by atoms with Gasteiger partial charge in [-0.05, 0) is 24.6 Å². The number of nitrogens with zero attached hydrogens (tertiary/aromatic N) is 3. The summed E-state index contributed by atoms with van der Waals surface area (Å²) in [5, 5.41) is 8.78. The molecule has 0 radical (unpaired) electrons. The van der Waals surface area contributed by atoms with Gasteiger partial charge in [-0.3, -0.25) is 4.39 Å². The SMILES string of the molecule is CCCN(C[C@@H](C)CF)c1cccc(OCc2ccc(C#N)cc2F)n1. The Kier molecular flexibility index (Phi) is 7.34. The minimum absolute atomic E-state index is 0.0165. The van der Waals surface area contributed by atoms with Crippen molar-refractivity contribution in [1.82, 2.24) is 4.98 Å². The molecule has 0 saturated carbocycles. The molecule has 2 rings (SSSR count). The highest BCUT2D eigenvalue weighted by Crippen LogP contribution is 2.19. The maximum atomic E-state index is 13.9. The molecule has 1 aromatic heterocycles. The molecular weight excluding hydrogens is 336 g/mol. The average molecular weight is 359 g/mol. The maximum Gasteiger partial charge on any atom is 0.215 e. The number of rotatable bonds is 9. The minimum Gasteiger partial charge on any atom is -0.473 e. The van der Waals surface area contributed by atoms with Crippen LogP contribution in [0.2, 0.25) is 0 Å². The molecule has 0 bridgehead atoms. The van der Waals surface area contributed by atoms with Crippen molar-refractivity contribution in [2.75, 3.05) is 24.7 Å². The smallest absolute Gasteiger partial charge is 0.215 e. The van der Waals surface area contributed by atoms with E-state index in [1.807, 2.05) is 30.0 Å². The predicted molar refractivity (Wildman–Crippen MR) is 97.3 cm³/mol. The molecule has 6 heteroatoms. The fourth-order valence-corrected chi connectivity index (χ4v) is 2.54. The van der Waals surface area contributed by atoms with Gasteiger partial charge in [0.1, 0.15) is 18.2 Å². The minimum atomic E-state index is -0.482. The third kappa shape index (κ3) is 5.41. The first-order chi connectivity index (χ1) is 12.6. The maximum absolute atomic E-state index is 13.9. The third-order valence-corrected chi connectivity index (χ3v) is 3.88. The standard InChI is InChI=1S/C20H23F2N3O/c1-3-9-25(13-15(2)11-21)19-5-4-6-20(24-19)26-14-17-8-7-16(12-23)10-18(17)22/h4-8,10,15H,3,9,11,13-14H2,1-2H3/t15-/m0/s1. The monoisotopic (exact) mass is 359 g/mol. The lowest BCUT2D eigenvalue weighted by Crippen LogP contribution is -2.30. The number of anilines is 1. The quantitative estimate of drug-likeness (QED) is 0.662. The van der Waals surface area contributed by atoms with Crippen molar-refractivity contribution in [3.8, 4) is 11.9 Å². The topological polar surface area (TPSA) is 49.1 Å². The van der Waals surface area contributed by atoms with Crippen LogP contribution < -0.4 is 9.64 Å². The van der Waals surface area contributed by atoms with Crippen LogP contribution in [0.25, 0.3) is 0 Å². The molecular formula is C20H23F2N3O. The van der Waals surface area contributed by atoms with Crippen molar-refractivity contribution in [2.45, 2.75) is 26.9 Å². The predicted octanol–water partition coefficient (Wildman–Crippen LogP) is 4.49. The van der Waals surface area contributed by atoms with Gasteiger partial charge in [0.25, 0.3) is 0 Å². The Morgan fingerprint density at radius 1 is 1.31 bits per heavy atom. The largest absolute Gasteiger partial charge is 0.473 e. The Balaban J connectivity index is 2.09. The first kappa shape index (κ1) is 19.6. The number of nitriles is 1. The summed E-state index contributed by atoms with van der Waals surface area (Å²) >= 11 is 0. The highest BCUT2D eigenvalue weighted by molar-refractivity contribution is 5.41. The summed E-state index contributed by atoms with van der Waals surface area (Å²) in [5.74, 6) is 0.524. The highest BCUT2D eigenvalue weighted by atomic mass is 19.1. The number of hydrogen-bond acceptors (Lipinski definition) is 4. The van der Waals surface area contributed by atoms with Crippen LogP contribution in [0, 0.1) is 23.1 Å². The van der Waals surface area contributed by atoms with E-state index in [2.05, 4.69) is 11.9 Å². The summed E-state index contributed by atoms with van der Waals surface area (Å²) in [7, 11) is 0. The first-order valence-corrected chi connectivity index (χ1v) is 8.66. The Hall–Kier alpha value is -2.68. The second-order valence-corrected chi connectivity index (χ2v) is 6.25. The van der Waals surface area contributed by atoms with Crippen LogP contribution in [-0.4, -0.2) is 24.7 Å². The number of halogens is 2. The molecule has 0 fully saturated rings. The lowest BCUT2D eigenvalue weighted by atomic mass is 10.1. The summed E-state index contributed by atoms with van der Waals surface area (Å²) in [5.41, 5.74) is 0.622. The van der Waals surface area contributed by atoms with Crippen LogP contribution in [0.4, 0.5) is 14.6 Å². The summed E-state index contributed by atoms with van der Waals surface area (Å²) in [6.45, 7) is 4.89. The second-order valence-electron chi connectivity index (χ2n) is 6.25. The zero-order valence-electron chi connectivity index (χ0n) is 15.1. The summed E-state index contributed by atoms with van der Waals surface area (Å²) in [4.78, 5) is 6.49. The molecule has 0 amide bonds. The molecule has 1 aromatic carbocycles. The average Bonchev–Trinajstić information content (AvgIpc) is 2.66. The second kappa shape index (κ2) is 9.71. The van der Waals surface area contributed by atoms with Crippen LogP contribution in [0.1, 0.15) is 31.4 Å². The van der Waals surface area contributed by atoms with E-state index in [4.69, 9.17) is 10.00 Å². The van der Waals surface area contributed by atoms with E-state index in [1.165, 1.54) is 12.1 Å². The molecule has 1 atom stereocenters. The number of alkyl halides is 1. The van der Waals surface area contributed by atoms with Crippen LogP contribution in [0.3, 0.4) is 0 Å². The molecule has 26 heavy (non-hydrogen) atoms. The van der Waals surface area contributed by atoms with Crippen LogP contribution in [0.5, 0.6) is 5.88 Å². The van der Waals surface area contributed by atoms with Gasteiger partial charge < -0.3 is 9.64 Å². The summed E-state index contributed by atoms with van der Waals surface area (Å²) in [6, 6.07) is 11.5. The van der Waals surface area contributed by atoms with Gasteiger partial charge in [-0.25, -0.2) is 4.39 Å². The Morgan fingerprint density at radius 2 is 2.12 bits per heavy atom. The van der Waals surface area contributed by atoms with Gasteiger partial charge >= 0.3 is 0 Å². The Morgan fingerprint density at radius 3 is 2.77 bits per heavy atom. The van der Waals surface area contributed by atoms with Crippen molar-refractivity contribution < 1.29 is 13.5 Å². The number of hydrogen-bond donors (Lipinski definition) is 0. The molecule has 0 N–H and O–H groups in total. The van der Waals surface area contributed by atoms with Crippen LogP contribution >= 0.6 is 0 Å². The van der Waals surface area contributed by atoms with Crippen molar-refractivity contribution in [3.63, 3.8) is 0 Å². The number of aromatic nitrogens is 1. The van der Waals surface area contributed by atoms with E-state index in [-0.39, 0.29) is 24.8 Å². The molecule has 1 heterocycles. The van der Waals surface area contributed by atoms with Gasteiger partial charge in [-0.2, -0.15) is 10.2 Å². The van der Waals surface area contributed by atoms with Crippen molar-refractivity contribution in [3.05, 3.63) is 53.3 Å². The van der Waals surface area contributed by atoms with Crippen LogP contribution in [-0.2, 0) is 6.61 Å². The molecule has 0 aliphatic rings. The fourth-order valence-electron chi connectivity index (χ4n) is 2.54. The molecule has 0 spiro atoms. The molecule has 0 aliphatic carbocycles.